The highest BCUT2D eigenvalue weighted by Gasteiger charge is 2.08. The number of hydrogen-bond donors (Lipinski definition) is 2. The van der Waals surface area contributed by atoms with Crippen LogP contribution in [0.2, 0.25) is 0 Å². The van der Waals surface area contributed by atoms with Crippen LogP contribution in [0.15, 0.2) is 42.5 Å². The summed E-state index contributed by atoms with van der Waals surface area (Å²) in [5.41, 5.74) is 2.58. The van der Waals surface area contributed by atoms with E-state index in [0.717, 1.165) is 18.5 Å². The van der Waals surface area contributed by atoms with E-state index in [0.29, 0.717) is 5.56 Å². The van der Waals surface area contributed by atoms with Crippen LogP contribution in [-0.4, -0.2) is 11.1 Å². The molecule has 0 amide bonds. The maximum atomic E-state index is 13.7. The Hall–Kier alpha value is -2.36. The molecule has 3 nitrogen and oxygen atoms in total. The Balaban J connectivity index is 2.05. The van der Waals surface area contributed by atoms with Crippen molar-refractivity contribution in [3.63, 3.8) is 0 Å². The highest BCUT2D eigenvalue weighted by molar-refractivity contribution is 5.87. The van der Waals surface area contributed by atoms with Gasteiger partial charge in [-0.2, -0.15) is 0 Å². The molecular weight excluding hydrogens is 269 g/mol. The maximum absolute atomic E-state index is 13.7. The van der Waals surface area contributed by atoms with E-state index in [1.165, 1.54) is 23.8 Å². The minimum Gasteiger partial charge on any atom is -0.478 e. The second-order valence-electron chi connectivity index (χ2n) is 4.91. The van der Waals surface area contributed by atoms with Gasteiger partial charge in [0.05, 0.1) is 5.56 Å². The first-order chi connectivity index (χ1) is 10.1. The molecule has 0 fully saturated rings. The summed E-state index contributed by atoms with van der Waals surface area (Å²) in [6.07, 6.45) is 2.13. The third kappa shape index (κ3) is 4.05. The number of nitrogens with one attached hydrogen (secondary N) is 1. The molecular formula is C17H18FNO2. The van der Waals surface area contributed by atoms with Gasteiger partial charge in [-0.15, -0.1) is 0 Å². The number of anilines is 1. The molecule has 0 saturated heterocycles. The van der Waals surface area contributed by atoms with E-state index in [9.17, 15) is 9.18 Å². The Labute approximate surface area is 123 Å². The molecule has 0 aliphatic heterocycles. The van der Waals surface area contributed by atoms with E-state index in [1.807, 2.05) is 24.3 Å². The topological polar surface area (TPSA) is 49.3 Å². The first-order valence-corrected chi connectivity index (χ1v) is 6.94. The zero-order valence-electron chi connectivity index (χ0n) is 11.9. The van der Waals surface area contributed by atoms with Crippen LogP contribution in [-0.2, 0) is 13.0 Å². The van der Waals surface area contributed by atoms with Crippen molar-refractivity contribution in [2.75, 3.05) is 5.32 Å². The summed E-state index contributed by atoms with van der Waals surface area (Å²) in [7, 11) is 0. The summed E-state index contributed by atoms with van der Waals surface area (Å²) in [4.78, 5) is 10.9. The van der Waals surface area contributed by atoms with Gasteiger partial charge in [0.2, 0.25) is 0 Å². The van der Waals surface area contributed by atoms with Gasteiger partial charge in [-0.25, -0.2) is 9.18 Å². The molecule has 0 spiro atoms. The lowest BCUT2D eigenvalue weighted by atomic mass is 10.1. The van der Waals surface area contributed by atoms with E-state index in [4.69, 9.17) is 5.11 Å². The number of benzene rings is 2. The standard InChI is InChI=1S/C17H18FNO2/c1-2-3-12-4-7-15(8-5-12)19-11-14-10-13(17(20)21)6-9-16(14)18/h4-10,19H,2-3,11H2,1H3,(H,20,21). The molecule has 4 heteroatoms. The number of aromatic carboxylic acids is 1. The predicted molar refractivity (Wildman–Crippen MR) is 81.1 cm³/mol. The molecule has 2 aromatic carbocycles. The van der Waals surface area contributed by atoms with Crippen molar-refractivity contribution in [1.29, 1.82) is 0 Å². The zero-order chi connectivity index (χ0) is 15.2. The molecule has 0 unspecified atom stereocenters. The Kier molecular flexibility index (Phi) is 4.93. The number of rotatable bonds is 6. The molecule has 0 saturated carbocycles. The first kappa shape index (κ1) is 15.0. The molecule has 0 bridgehead atoms. The summed E-state index contributed by atoms with van der Waals surface area (Å²) in [6.45, 7) is 2.38. The van der Waals surface area contributed by atoms with Crippen molar-refractivity contribution < 1.29 is 14.3 Å². The van der Waals surface area contributed by atoms with Crippen molar-refractivity contribution in [1.82, 2.24) is 0 Å². The Morgan fingerprint density at radius 1 is 1.19 bits per heavy atom. The summed E-state index contributed by atoms with van der Waals surface area (Å²) >= 11 is 0. The summed E-state index contributed by atoms with van der Waals surface area (Å²) < 4.78 is 13.7. The minimum absolute atomic E-state index is 0.0893. The number of carboxylic acids is 1. The smallest absolute Gasteiger partial charge is 0.335 e. The molecule has 2 N–H and O–H groups in total. The Bertz CT molecular complexity index is 623. The second-order valence-corrected chi connectivity index (χ2v) is 4.91. The fourth-order valence-electron chi connectivity index (χ4n) is 2.12. The average Bonchev–Trinajstić information content (AvgIpc) is 2.48. The van der Waals surface area contributed by atoms with Crippen molar-refractivity contribution in [3.05, 3.63) is 65.0 Å². The van der Waals surface area contributed by atoms with E-state index in [2.05, 4.69) is 12.2 Å². The summed E-state index contributed by atoms with van der Waals surface area (Å²) in [6, 6.07) is 11.8. The highest BCUT2D eigenvalue weighted by Crippen LogP contribution is 2.15. The molecule has 0 aromatic heterocycles. The predicted octanol–water partition coefficient (Wildman–Crippen LogP) is 4.09. The molecule has 0 aliphatic rings. The highest BCUT2D eigenvalue weighted by atomic mass is 19.1. The normalized spacial score (nSPS) is 10.4. The molecule has 0 radical (unpaired) electrons. The summed E-state index contributed by atoms with van der Waals surface area (Å²) in [5, 5.41) is 12.0. The zero-order valence-corrected chi connectivity index (χ0v) is 11.9. The van der Waals surface area contributed by atoms with Crippen LogP contribution in [0.1, 0.15) is 34.8 Å². The molecule has 2 aromatic rings. The monoisotopic (exact) mass is 287 g/mol. The van der Waals surface area contributed by atoms with Gasteiger partial charge in [-0.05, 0) is 42.3 Å². The number of halogens is 1. The van der Waals surface area contributed by atoms with E-state index in [1.54, 1.807) is 0 Å². The molecule has 21 heavy (non-hydrogen) atoms. The van der Waals surface area contributed by atoms with Crippen LogP contribution in [0.5, 0.6) is 0 Å². The van der Waals surface area contributed by atoms with Crippen molar-refractivity contribution in [2.24, 2.45) is 0 Å². The van der Waals surface area contributed by atoms with Gasteiger partial charge in [-0.1, -0.05) is 25.5 Å². The lowest BCUT2D eigenvalue weighted by molar-refractivity contribution is 0.0696. The van der Waals surface area contributed by atoms with Crippen LogP contribution in [0.25, 0.3) is 0 Å². The third-order valence-electron chi connectivity index (χ3n) is 3.27. The number of carboxylic acid groups (broad SMARTS) is 1. The van der Waals surface area contributed by atoms with Crippen molar-refractivity contribution in [3.8, 4) is 0 Å². The minimum atomic E-state index is -1.06. The second kappa shape index (κ2) is 6.88. The third-order valence-corrected chi connectivity index (χ3v) is 3.27. The van der Waals surface area contributed by atoms with E-state index < -0.39 is 11.8 Å². The SMILES string of the molecule is CCCc1ccc(NCc2cc(C(=O)O)ccc2F)cc1. The van der Waals surface area contributed by atoms with Gasteiger partial charge in [0, 0.05) is 17.8 Å². The number of hydrogen-bond acceptors (Lipinski definition) is 2. The molecule has 0 atom stereocenters. The van der Waals surface area contributed by atoms with Gasteiger partial charge in [0.25, 0.3) is 0 Å². The first-order valence-electron chi connectivity index (χ1n) is 6.94. The van der Waals surface area contributed by atoms with Crippen molar-refractivity contribution in [2.45, 2.75) is 26.3 Å². The Morgan fingerprint density at radius 2 is 1.90 bits per heavy atom. The van der Waals surface area contributed by atoms with E-state index >= 15 is 0 Å². The maximum Gasteiger partial charge on any atom is 0.335 e. The van der Waals surface area contributed by atoms with Crippen LogP contribution in [0, 0.1) is 5.82 Å². The Morgan fingerprint density at radius 3 is 2.52 bits per heavy atom. The van der Waals surface area contributed by atoms with Crippen LogP contribution in [0.3, 0.4) is 0 Å². The fourth-order valence-corrected chi connectivity index (χ4v) is 2.12. The number of carbonyl (C=O) groups is 1. The molecule has 2 rings (SSSR count). The lowest BCUT2D eigenvalue weighted by Gasteiger charge is -2.09. The largest absolute Gasteiger partial charge is 0.478 e. The number of aryl methyl sites for hydroxylation is 1. The van der Waals surface area contributed by atoms with Crippen LogP contribution < -0.4 is 5.32 Å². The van der Waals surface area contributed by atoms with Crippen LogP contribution >= 0.6 is 0 Å². The van der Waals surface area contributed by atoms with E-state index in [-0.39, 0.29) is 12.1 Å². The van der Waals surface area contributed by atoms with Gasteiger partial charge in [0.15, 0.2) is 0 Å². The quantitative estimate of drug-likeness (QED) is 0.841. The van der Waals surface area contributed by atoms with Crippen LogP contribution in [0.4, 0.5) is 10.1 Å². The van der Waals surface area contributed by atoms with Gasteiger partial charge in [-0.3, -0.25) is 0 Å². The molecule has 0 aliphatic carbocycles. The van der Waals surface area contributed by atoms with Gasteiger partial charge >= 0.3 is 5.97 Å². The average molecular weight is 287 g/mol. The van der Waals surface area contributed by atoms with Crippen molar-refractivity contribution >= 4 is 11.7 Å². The van der Waals surface area contributed by atoms with Gasteiger partial charge < -0.3 is 10.4 Å². The fraction of sp³-hybridized carbons (Fsp3) is 0.235. The van der Waals surface area contributed by atoms with Gasteiger partial charge in [0.1, 0.15) is 5.82 Å². The molecule has 110 valence electrons. The molecule has 0 heterocycles. The summed E-state index contributed by atoms with van der Waals surface area (Å²) in [5.74, 6) is -1.46. The lowest BCUT2D eigenvalue weighted by Crippen LogP contribution is -2.05.